The summed E-state index contributed by atoms with van der Waals surface area (Å²) in [6, 6.07) is 0. The van der Waals surface area contributed by atoms with Crippen LogP contribution in [0, 0.1) is 5.41 Å². The summed E-state index contributed by atoms with van der Waals surface area (Å²) in [5, 5.41) is 6.04. The Hall–Kier alpha value is -1.08. The van der Waals surface area contributed by atoms with Gasteiger partial charge in [-0.25, -0.2) is 13.1 Å². The van der Waals surface area contributed by atoms with Crippen LogP contribution in [-0.2, 0) is 10.0 Å². The van der Waals surface area contributed by atoms with Crippen molar-refractivity contribution in [2.24, 2.45) is 5.41 Å². The average molecular weight is 258 g/mol. The maximum atomic E-state index is 11.9. The number of H-pyrrole nitrogens is 1. The lowest BCUT2D eigenvalue weighted by atomic mass is 10.0. The van der Waals surface area contributed by atoms with Crippen molar-refractivity contribution < 1.29 is 8.42 Å². The van der Waals surface area contributed by atoms with E-state index in [-0.39, 0.29) is 16.1 Å². The summed E-state index contributed by atoms with van der Waals surface area (Å²) >= 11 is 0. The molecule has 1 fully saturated rings. The molecule has 0 bridgehead atoms. The van der Waals surface area contributed by atoms with E-state index in [0.29, 0.717) is 6.54 Å². The first-order chi connectivity index (χ1) is 7.99. The first kappa shape index (κ1) is 12.4. The van der Waals surface area contributed by atoms with Crippen LogP contribution in [0.25, 0.3) is 0 Å². The van der Waals surface area contributed by atoms with Gasteiger partial charge in [0.25, 0.3) is 0 Å². The van der Waals surface area contributed by atoms with Gasteiger partial charge in [0.2, 0.25) is 10.0 Å². The van der Waals surface area contributed by atoms with Crippen LogP contribution < -0.4 is 10.5 Å². The number of anilines is 1. The van der Waals surface area contributed by atoms with Gasteiger partial charge in [0.15, 0.2) is 0 Å². The number of aromatic amines is 1. The molecule has 1 saturated carbocycles. The standard InChI is InChI=1S/C10H18N4O2S/c1-2-3-10(4-5-10)7-13-17(15,16)8-6-12-14-9(8)11/h6,13H,2-5,7H2,1H3,(H3,11,12,14). The highest BCUT2D eigenvalue weighted by molar-refractivity contribution is 7.89. The fourth-order valence-corrected chi connectivity index (χ4v) is 3.23. The molecular weight excluding hydrogens is 240 g/mol. The van der Waals surface area contributed by atoms with E-state index in [1.54, 1.807) is 0 Å². The number of nitrogens with zero attached hydrogens (tertiary/aromatic N) is 1. The third-order valence-corrected chi connectivity index (χ3v) is 4.73. The molecule has 1 heterocycles. The molecule has 4 N–H and O–H groups in total. The fraction of sp³-hybridized carbons (Fsp3) is 0.700. The van der Waals surface area contributed by atoms with E-state index < -0.39 is 10.0 Å². The van der Waals surface area contributed by atoms with E-state index in [4.69, 9.17) is 5.73 Å². The van der Waals surface area contributed by atoms with E-state index in [1.165, 1.54) is 6.20 Å². The zero-order chi connectivity index (χ0) is 12.5. The Morgan fingerprint density at radius 3 is 2.76 bits per heavy atom. The smallest absolute Gasteiger partial charge is 0.245 e. The zero-order valence-electron chi connectivity index (χ0n) is 9.86. The third kappa shape index (κ3) is 2.61. The first-order valence-electron chi connectivity index (χ1n) is 5.78. The number of sulfonamides is 1. The van der Waals surface area contributed by atoms with Crippen molar-refractivity contribution in [3.63, 3.8) is 0 Å². The SMILES string of the molecule is CCCC1(CNS(=O)(=O)c2cn[nH]c2N)CC1. The summed E-state index contributed by atoms with van der Waals surface area (Å²) in [4.78, 5) is 0.0322. The summed E-state index contributed by atoms with van der Waals surface area (Å²) < 4.78 is 26.5. The minimum absolute atomic E-state index is 0.0322. The molecule has 17 heavy (non-hydrogen) atoms. The Morgan fingerprint density at radius 1 is 1.59 bits per heavy atom. The highest BCUT2D eigenvalue weighted by Crippen LogP contribution is 2.49. The van der Waals surface area contributed by atoms with Crippen molar-refractivity contribution in [3.8, 4) is 0 Å². The number of nitrogen functional groups attached to an aromatic ring is 1. The number of hydrogen-bond donors (Lipinski definition) is 3. The molecule has 96 valence electrons. The summed E-state index contributed by atoms with van der Waals surface area (Å²) in [6.45, 7) is 2.61. The van der Waals surface area contributed by atoms with E-state index in [0.717, 1.165) is 25.7 Å². The van der Waals surface area contributed by atoms with Crippen molar-refractivity contribution in [2.45, 2.75) is 37.5 Å². The molecule has 1 aliphatic carbocycles. The molecule has 7 heteroatoms. The molecule has 0 aliphatic heterocycles. The van der Waals surface area contributed by atoms with Crippen LogP contribution in [0.3, 0.4) is 0 Å². The van der Waals surface area contributed by atoms with Gasteiger partial charge in [-0.3, -0.25) is 5.10 Å². The van der Waals surface area contributed by atoms with Crippen LogP contribution in [0.15, 0.2) is 11.1 Å². The molecular formula is C10H18N4O2S. The number of aromatic nitrogens is 2. The molecule has 0 aromatic carbocycles. The second-order valence-electron chi connectivity index (χ2n) is 4.72. The van der Waals surface area contributed by atoms with Crippen molar-refractivity contribution >= 4 is 15.8 Å². The van der Waals surface area contributed by atoms with E-state index in [9.17, 15) is 8.42 Å². The van der Waals surface area contributed by atoms with Crippen LogP contribution in [0.2, 0.25) is 0 Å². The minimum atomic E-state index is -3.53. The Morgan fingerprint density at radius 2 is 2.29 bits per heavy atom. The highest BCUT2D eigenvalue weighted by Gasteiger charge is 2.42. The van der Waals surface area contributed by atoms with Gasteiger partial charge < -0.3 is 5.73 Å². The normalized spacial score (nSPS) is 18.2. The molecule has 0 radical (unpaired) electrons. The van der Waals surface area contributed by atoms with Gasteiger partial charge in [0, 0.05) is 6.54 Å². The zero-order valence-corrected chi connectivity index (χ0v) is 10.7. The summed E-state index contributed by atoms with van der Waals surface area (Å²) in [6.07, 6.45) is 5.58. The van der Waals surface area contributed by atoms with E-state index in [2.05, 4.69) is 21.8 Å². The second kappa shape index (κ2) is 4.30. The molecule has 0 unspecified atom stereocenters. The molecule has 1 aromatic rings. The van der Waals surface area contributed by atoms with Crippen LogP contribution >= 0.6 is 0 Å². The van der Waals surface area contributed by atoms with Crippen molar-refractivity contribution in [1.29, 1.82) is 0 Å². The third-order valence-electron chi connectivity index (χ3n) is 3.30. The van der Waals surface area contributed by atoms with Crippen LogP contribution in [0.4, 0.5) is 5.82 Å². The molecule has 0 spiro atoms. The summed E-state index contributed by atoms with van der Waals surface area (Å²) in [5.74, 6) is 0.0813. The lowest BCUT2D eigenvalue weighted by Gasteiger charge is -2.14. The number of rotatable bonds is 6. The Bertz CT molecular complexity index is 490. The number of nitrogens with one attached hydrogen (secondary N) is 2. The molecule has 1 aromatic heterocycles. The molecule has 6 nitrogen and oxygen atoms in total. The van der Waals surface area contributed by atoms with Gasteiger partial charge in [-0.05, 0) is 24.7 Å². The lowest BCUT2D eigenvalue weighted by Crippen LogP contribution is -2.30. The maximum absolute atomic E-state index is 11.9. The summed E-state index contributed by atoms with van der Waals surface area (Å²) in [5.41, 5.74) is 5.68. The maximum Gasteiger partial charge on any atom is 0.245 e. The van der Waals surface area contributed by atoms with Gasteiger partial charge in [-0.1, -0.05) is 13.3 Å². The monoisotopic (exact) mass is 258 g/mol. The molecule has 1 aliphatic rings. The second-order valence-corrected chi connectivity index (χ2v) is 6.46. The Kier molecular flexibility index (Phi) is 3.13. The van der Waals surface area contributed by atoms with Crippen LogP contribution in [0.1, 0.15) is 32.6 Å². The van der Waals surface area contributed by atoms with Gasteiger partial charge in [-0.2, -0.15) is 5.10 Å². The van der Waals surface area contributed by atoms with Gasteiger partial charge in [-0.15, -0.1) is 0 Å². The molecule has 0 atom stereocenters. The predicted octanol–water partition coefficient (Wildman–Crippen LogP) is 0.851. The number of nitrogens with two attached hydrogens (primary N) is 1. The van der Waals surface area contributed by atoms with Gasteiger partial charge >= 0.3 is 0 Å². The largest absolute Gasteiger partial charge is 0.383 e. The predicted molar refractivity (Wildman–Crippen MR) is 64.8 cm³/mol. The van der Waals surface area contributed by atoms with Crippen molar-refractivity contribution in [3.05, 3.63) is 6.20 Å². The molecule has 0 saturated heterocycles. The Balaban J connectivity index is 2.02. The minimum Gasteiger partial charge on any atom is -0.383 e. The average Bonchev–Trinajstić information content (AvgIpc) is 2.89. The lowest BCUT2D eigenvalue weighted by molar-refractivity contribution is 0.449. The molecule has 0 amide bonds. The first-order valence-corrected chi connectivity index (χ1v) is 7.26. The highest BCUT2D eigenvalue weighted by atomic mass is 32.2. The fourth-order valence-electron chi connectivity index (χ4n) is 2.05. The number of hydrogen-bond acceptors (Lipinski definition) is 4. The van der Waals surface area contributed by atoms with Crippen LogP contribution in [0.5, 0.6) is 0 Å². The summed E-state index contributed by atoms with van der Waals surface area (Å²) in [7, 11) is -3.53. The van der Waals surface area contributed by atoms with Gasteiger partial charge in [0.05, 0.1) is 6.20 Å². The van der Waals surface area contributed by atoms with Crippen LogP contribution in [-0.4, -0.2) is 25.2 Å². The topological polar surface area (TPSA) is 101 Å². The van der Waals surface area contributed by atoms with Crippen molar-refractivity contribution in [2.75, 3.05) is 12.3 Å². The van der Waals surface area contributed by atoms with Gasteiger partial charge in [0.1, 0.15) is 10.7 Å². The Labute approximate surface area is 101 Å². The molecule has 2 rings (SSSR count). The van der Waals surface area contributed by atoms with E-state index in [1.807, 2.05) is 0 Å². The van der Waals surface area contributed by atoms with E-state index >= 15 is 0 Å². The van der Waals surface area contributed by atoms with Crippen molar-refractivity contribution in [1.82, 2.24) is 14.9 Å². The quantitative estimate of drug-likeness (QED) is 0.704.